The van der Waals surface area contributed by atoms with Gasteiger partial charge >= 0.3 is 0 Å². The zero-order chi connectivity index (χ0) is 13.5. The smallest absolute Gasteiger partial charge is 0.146 e. The van der Waals surface area contributed by atoms with Crippen molar-refractivity contribution < 1.29 is 4.79 Å². The summed E-state index contributed by atoms with van der Waals surface area (Å²) in [5.74, 6) is 1.14. The molecule has 0 amide bonds. The lowest BCUT2D eigenvalue weighted by Gasteiger charge is -2.36. The van der Waals surface area contributed by atoms with E-state index in [1.165, 1.54) is 6.42 Å². The van der Waals surface area contributed by atoms with Gasteiger partial charge in [-0.3, -0.25) is 14.6 Å². The zero-order valence-electron chi connectivity index (χ0n) is 12.6. The van der Waals surface area contributed by atoms with Crippen molar-refractivity contribution in [2.24, 2.45) is 5.92 Å². The number of rotatable bonds is 7. The number of carbonyl (C=O) groups excluding carboxylic acids is 1. The number of ketones is 1. The highest BCUT2D eigenvalue weighted by atomic mass is 16.1. The van der Waals surface area contributed by atoms with Crippen LogP contribution in [-0.2, 0) is 4.79 Å². The second kappa shape index (κ2) is 7.90. The molecule has 1 saturated heterocycles. The largest absolute Gasteiger partial charge is 0.298 e. The van der Waals surface area contributed by atoms with E-state index in [0.717, 1.165) is 39.0 Å². The summed E-state index contributed by atoms with van der Waals surface area (Å²) in [5.41, 5.74) is 0. The number of piperazine rings is 1. The summed E-state index contributed by atoms with van der Waals surface area (Å²) >= 11 is 0. The third kappa shape index (κ3) is 5.96. The maximum Gasteiger partial charge on any atom is 0.146 e. The topological polar surface area (TPSA) is 23.6 Å². The average molecular weight is 254 g/mol. The van der Waals surface area contributed by atoms with Gasteiger partial charge in [-0.25, -0.2) is 0 Å². The standard InChI is InChI=1S/C15H30N2O/c1-13(2)6-5-7-15(18)12-16-8-10-17(11-9-16)14(3)4/h13-14H,5-12H2,1-4H3. The van der Waals surface area contributed by atoms with E-state index in [2.05, 4.69) is 37.5 Å². The van der Waals surface area contributed by atoms with Crippen LogP contribution in [0.15, 0.2) is 0 Å². The molecule has 0 aromatic rings. The third-order valence-electron chi connectivity index (χ3n) is 3.77. The van der Waals surface area contributed by atoms with E-state index in [9.17, 15) is 4.79 Å². The summed E-state index contributed by atoms with van der Waals surface area (Å²) in [6, 6.07) is 0.633. The minimum atomic E-state index is 0.425. The lowest BCUT2D eigenvalue weighted by Crippen LogP contribution is -2.49. The first-order valence-corrected chi connectivity index (χ1v) is 7.47. The molecule has 0 aliphatic carbocycles. The van der Waals surface area contributed by atoms with Crippen LogP contribution in [0.4, 0.5) is 0 Å². The van der Waals surface area contributed by atoms with Crippen molar-refractivity contribution in [3.63, 3.8) is 0 Å². The normalized spacial score (nSPS) is 18.8. The van der Waals surface area contributed by atoms with E-state index in [4.69, 9.17) is 0 Å². The second-order valence-electron chi connectivity index (χ2n) is 6.23. The van der Waals surface area contributed by atoms with Crippen LogP contribution in [0.1, 0.15) is 47.0 Å². The van der Waals surface area contributed by atoms with Gasteiger partial charge in [0.1, 0.15) is 5.78 Å². The molecule has 1 aliphatic heterocycles. The van der Waals surface area contributed by atoms with E-state index in [1.54, 1.807) is 0 Å². The van der Waals surface area contributed by atoms with Crippen LogP contribution in [-0.4, -0.2) is 54.3 Å². The van der Waals surface area contributed by atoms with E-state index in [1.807, 2.05) is 0 Å². The summed E-state index contributed by atoms with van der Waals surface area (Å²) < 4.78 is 0. The molecule has 0 aromatic carbocycles. The molecule has 0 atom stereocenters. The van der Waals surface area contributed by atoms with Gasteiger partial charge in [-0.2, -0.15) is 0 Å². The molecular formula is C15H30N2O. The van der Waals surface area contributed by atoms with Crippen LogP contribution in [0.25, 0.3) is 0 Å². The van der Waals surface area contributed by atoms with Crippen molar-refractivity contribution in [2.75, 3.05) is 32.7 Å². The van der Waals surface area contributed by atoms with Crippen LogP contribution in [0.3, 0.4) is 0 Å². The molecule has 1 fully saturated rings. The molecule has 0 unspecified atom stereocenters. The molecule has 18 heavy (non-hydrogen) atoms. The summed E-state index contributed by atoms with van der Waals surface area (Å²) in [5, 5.41) is 0. The van der Waals surface area contributed by atoms with Gasteiger partial charge in [0.15, 0.2) is 0 Å². The molecule has 3 nitrogen and oxygen atoms in total. The number of Topliss-reactive ketones (excluding diaryl/α,β-unsaturated/α-hetero) is 1. The Kier molecular flexibility index (Phi) is 6.87. The lowest BCUT2D eigenvalue weighted by molar-refractivity contribution is -0.120. The van der Waals surface area contributed by atoms with Crippen molar-refractivity contribution in [1.82, 2.24) is 9.80 Å². The van der Waals surface area contributed by atoms with Crippen LogP contribution in [0.2, 0.25) is 0 Å². The Labute approximate surface area is 113 Å². The third-order valence-corrected chi connectivity index (χ3v) is 3.77. The fourth-order valence-electron chi connectivity index (χ4n) is 2.47. The van der Waals surface area contributed by atoms with Crippen molar-refractivity contribution in [3.05, 3.63) is 0 Å². The molecule has 0 saturated carbocycles. The highest BCUT2D eigenvalue weighted by Gasteiger charge is 2.20. The first-order chi connectivity index (χ1) is 8.49. The SMILES string of the molecule is CC(C)CCCC(=O)CN1CCN(C(C)C)CC1. The molecule has 0 spiro atoms. The summed E-state index contributed by atoms with van der Waals surface area (Å²) in [7, 11) is 0. The summed E-state index contributed by atoms with van der Waals surface area (Å²) in [4.78, 5) is 16.7. The van der Waals surface area contributed by atoms with Gasteiger partial charge in [0, 0.05) is 38.6 Å². The summed E-state index contributed by atoms with van der Waals surface area (Å²) in [6.07, 6.45) is 3.00. The predicted molar refractivity (Wildman–Crippen MR) is 76.8 cm³/mol. The van der Waals surface area contributed by atoms with Crippen LogP contribution in [0.5, 0.6) is 0 Å². The Morgan fingerprint density at radius 3 is 2.17 bits per heavy atom. The van der Waals surface area contributed by atoms with Crippen molar-refractivity contribution >= 4 is 5.78 Å². The van der Waals surface area contributed by atoms with Gasteiger partial charge < -0.3 is 0 Å². The van der Waals surface area contributed by atoms with Gasteiger partial charge in [0.25, 0.3) is 0 Å². The van der Waals surface area contributed by atoms with E-state index in [-0.39, 0.29) is 0 Å². The number of hydrogen-bond donors (Lipinski definition) is 0. The molecule has 0 radical (unpaired) electrons. The van der Waals surface area contributed by atoms with Crippen LogP contribution >= 0.6 is 0 Å². The first-order valence-electron chi connectivity index (χ1n) is 7.47. The first kappa shape index (κ1) is 15.6. The Bertz CT molecular complexity index is 243. The Morgan fingerprint density at radius 1 is 1.06 bits per heavy atom. The fourth-order valence-corrected chi connectivity index (χ4v) is 2.47. The van der Waals surface area contributed by atoms with Crippen LogP contribution in [0, 0.1) is 5.92 Å². The number of nitrogens with zero attached hydrogens (tertiary/aromatic N) is 2. The molecule has 3 heteroatoms. The molecule has 106 valence electrons. The average Bonchev–Trinajstić information content (AvgIpc) is 2.29. The minimum absolute atomic E-state index is 0.425. The Morgan fingerprint density at radius 2 is 1.67 bits per heavy atom. The van der Waals surface area contributed by atoms with E-state index in [0.29, 0.717) is 24.3 Å². The molecule has 1 heterocycles. The molecular weight excluding hydrogens is 224 g/mol. The highest BCUT2D eigenvalue weighted by molar-refractivity contribution is 5.80. The molecule has 0 bridgehead atoms. The van der Waals surface area contributed by atoms with E-state index >= 15 is 0 Å². The molecule has 0 N–H and O–H groups in total. The second-order valence-corrected chi connectivity index (χ2v) is 6.23. The van der Waals surface area contributed by atoms with Gasteiger partial charge in [-0.1, -0.05) is 20.3 Å². The molecule has 0 aromatic heterocycles. The van der Waals surface area contributed by atoms with Crippen molar-refractivity contribution in [3.8, 4) is 0 Å². The lowest BCUT2D eigenvalue weighted by atomic mass is 10.0. The molecule has 1 rings (SSSR count). The highest BCUT2D eigenvalue weighted by Crippen LogP contribution is 2.09. The van der Waals surface area contributed by atoms with Gasteiger partial charge in [0.2, 0.25) is 0 Å². The van der Waals surface area contributed by atoms with Gasteiger partial charge in [-0.05, 0) is 26.2 Å². The summed E-state index contributed by atoms with van der Waals surface area (Å²) in [6.45, 7) is 13.9. The molecule has 1 aliphatic rings. The van der Waals surface area contributed by atoms with Gasteiger partial charge in [-0.15, -0.1) is 0 Å². The minimum Gasteiger partial charge on any atom is -0.298 e. The van der Waals surface area contributed by atoms with Gasteiger partial charge in [0.05, 0.1) is 6.54 Å². The Balaban J connectivity index is 2.14. The maximum atomic E-state index is 11.9. The maximum absolute atomic E-state index is 11.9. The predicted octanol–water partition coefficient (Wildman–Crippen LogP) is 2.41. The monoisotopic (exact) mass is 254 g/mol. The van der Waals surface area contributed by atoms with E-state index < -0.39 is 0 Å². The Hall–Kier alpha value is -0.410. The van der Waals surface area contributed by atoms with Crippen molar-refractivity contribution in [1.29, 1.82) is 0 Å². The van der Waals surface area contributed by atoms with Crippen molar-refractivity contribution in [2.45, 2.75) is 53.0 Å². The number of hydrogen-bond acceptors (Lipinski definition) is 3. The quantitative estimate of drug-likeness (QED) is 0.697. The fraction of sp³-hybridized carbons (Fsp3) is 0.933. The zero-order valence-corrected chi connectivity index (χ0v) is 12.6. The van der Waals surface area contributed by atoms with Crippen LogP contribution < -0.4 is 0 Å². The number of carbonyl (C=O) groups is 1.